The van der Waals surface area contributed by atoms with E-state index in [9.17, 15) is 31.9 Å². The highest BCUT2D eigenvalue weighted by atomic mass is 19.2. The average molecular weight is 699 g/mol. The van der Waals surface area contributed by atoms with E-state index in [1.165, 1.54) is 5.56 Å². The molecule has 0 saturated carbocycles. The van der Waals surface area contributed by atoms with Gasteiger partial charge in [0.1, 0.15) is 5.56 Å². The molecule has 1 saturated heterocycles. The van der Waals surface area contributed by atoms with Crippen LogP contribution in [0.5, 0.6) is 11.5 Å². The molecule has 264 valence electrons. The minimum Gasteiger partial charge on any atom is -0.493 e. The summed E-state index contributed by atoms with van der Waals surface area (Å²) in [4.78, 5) is 14.7. The minimum atomic E-state index is -2.34. The van der Waals surface area contributed by atoms with Gasteiger partial charge in [-0.1, -0.05) is 48.5 Å². The summed E-state index contributed by atoms with van der Waals surface area (Å²) in [6.45, 7) is 1.81. The summed E-state index contributed by atoms with van der Waals surface area (Å²) in [6, 6.07) is 18.3. The van der Waals surface area contributed by atoms with Crippen molar-refractivity contribution >= 4 is 5.91 Å². The number of carbonyl (C=O) groups is 1. The molecule has 0 radical (unpaired) electrons. The summed E-state index contributed by atoms with van der Waals surface area (Å²) in [7, 11) is 3.22. The fourth-order valence-corrected chi connectivity index (χ4v) is 6.29. The van der Waals surface area contributed by atoms with Gasteiger partial charge in [-0.3, -0.25) is 9.69 Å². The smallest absolute Gasteiger partial charge is 0.257 e. The lowest BCUT2D eigenvalue weighted by Crippen LogP contribution is -2.41. The molecule has 0 aliphatic carbocycles. The van der Waals surface area contributed by atoms with Crippen molar-refractivity contribution in [1.82, 2.24) is 10.2 Å². The van der Waals surface area contributed by atoms with Crippen LogP contribution >= 0.6 is 0 Å². The number of amides is 1. The minimum absolute atomic E-state index is 0.0817. The molecule has 4 aromatic rings. The van der Waals surface area contributed by atoms with E-state index in [0.29, 0.717) is 42.1 Å². The van der Waals surface area contributed by atoms with Gasteiger partial charge in [-0.05, 0) is 46.4 Å². The van der Waals surface area contributed by atoms with Crippen molar-refractivity contribution in [3.8, 4) is 11.5 Å². The van der Waals surface area contributed by atoms with Gasteiger partial charge in [0, 0.05) is 38.2 Å². The molecule has 2 heterocycles. The van der Waals surface area contributed by atoms with Crippen LogP contribution in [0.2, 0.25) is 0 Å². The molecule has 13 heteroatoms. The summed E-state index contributed by atoms with van der Waals surface area (Å²) in [5.74, 6) is -11.2. The number of halogens is 5. The molecule has 1 amide bonds. The van der Waals surface area contributed by atoms with E-state index in [2.05, 4.69) is 10.2 Å². The number of hydrogen-bond acceptors (Lipinski definition) is 7. The maximum absolute atomic E-state index is 14.1. The van der Waals surface area contributed by atoms with Crippen LogP contribution in [0.3, 0.4) is 0 Å². The van der Waals surface area contributed by atoms with Gasteiger partial charge in [0.15, 0.2) is 41.1 Å². The predicted molar refractivity (Wildman–Crippen MR) is 171 cm³/mol. The van der Waals surface area contributed by atoms with Gasteiger partial charge in [-0.25, -0.2) is 22.0 Å². The number of carbonyl (C=O) groups excluding carboxylic acids is 1. The molecule has 3 atom stereocenters. The zero-order valence-corrected chi connectivity index (χ0v) is 27.3. The van der Waals surface area contributed by atoms with E-state index in [1.807, 2.05) is 36.4 Å². The molecule has 2 N–H and O–H groups in total. The lowest BCUT2D eigenvalue weighted by molar-refractivity contribution is -0.253. The lowest BCUT2D eigenvalue weighted by atomic mass is 9.97. The van der Waals surface area contributed by atoms with E-state index in [1.54, 1.807) is 38.5 Å². The van der Waals surface area contributed by atoms with Gasteiger partial charge >= 0.3 is 0 Å². The average Bonchev–Trinajstić information content (AvgIpc) is 3.15. The number of hydrogen-bond donors (Lipinski definition) is 2. The Labute approximate surface area is 285 Å². The number of nitrogens with one attached hydrogen (secondary N) is 1. The van der Waals surface area contributed by atoms with E-state index >= 15 is 0 Å². The summed E-state index contributed by atoms with van der Waals surface area (Å²) < 4.78 is 92.7. The van der Waals surface area contributed by atoms with Crippen LogP contribution in [0.1, 0.15) is 62.6 Å². The third-order valence-corrected chi connectivity index (χ3v) is 9.02. The Hall–Kier alpha value is -4.56. The second kappa shape index (κ2) is 15.1. The lowest BCUT2D eigenvalue weighted by Gasteiger charge is -2.39. The fraction of sp³-hybridized carbons (Fsp3) is 0.324. The van der Waals surface area contributed by atoms with E-state index < -0.39 is 46.8 Å². The first-order valence-electron chi connectivity index (χ1n) is 15.9. The number of nitrogens with zero attached hydrogens (tertiary/aromatic N) is 1. The molecule has 2 aliphatic heterocycles. The standard InChI is InChI=1S/C37H35F5N2O6/c1-47-28-13-24-11-12-44(17-25(24)14-29(28)48-2)18-26-15-27(22-7-5-21(19-45)6-8-22)50-37(49-26)23-9-3-20(4-10-23)16-43-36(46)30-31(38)33(40)35(42)34(41)32(30)39/h3-10,13-14,26-27,37,45H,11-12,15-19H2,1-2H3,(H,43,46)/t26-,27+,37+/m0/s1. The summed E-state index contributed by atoms with van der Waals surface area (Å²) in [5.41, 5.74) is 3.66. The molecule has 0 bridgehead atoms. The molecular weight excluding hydrogens is 663 g/mol. The summed E-state index contributed by atoms with van der Waals surface area (Å²) >= 11 is 0. The highest BCUT2D eigenvalue weighted by molar-refractivity contribution is 5.94. The number of aliphatic hydroxyl groups excluding tert-OH is 1. The van der Waals surface area contributed by atoms with Crippen LogP contribution in [0, 0.1) is 29.1 Å². The maximum Gasteiger partial charge on any atom is 0.257 e. The number of benzene rings is 4. The zero-order chi connectivity index (χ0) is 35.5. The van der Waals surface area contributed by atoms with E-state index in [0.717, 1.165) is 29.7 Å². The Morgan fingerprint density at radius 2 is 1.40 bits per heavy atom. The van der Waals surface area contributed by atoms with Crippen molar-refractivity contribution in [3.05, 3.63) is 129 Å². The van der Waals surface area contributed by atoms with Crippen molar-refractivity contribution < 1.29 is 50.8 Å². The fourth-order valence-electron chi connectivity index (χ4n) is 6.29. The van der Waals surface area contributed by atoms with Crippen molar-refractivity contribution in [2.24, 2.45) is 0 Å². The van der Waals surface area contributed by atoms with Crippen LogP contribution in [-0.2, 0) is 35.6 Å². The molecule has 2 aliphatic rings. The predicted octanol–water partition coefficient (Wildman–Crippen LogP) is 6.43. The molecule has 4 aromatic carbocycles. The second-order valence-electron chi connectivity index (χ2n) is 12.2. The molecule has 0 aromatic heterocycles. The topological polar surface area (TPSA) is 89.5 Å². The van der Waals surface area contributed by atoms with Crippen molar-refractivity contribution in [2.45, 2.75) is 51.0 Å². The molecule has 0 unspecified atom stereocenters. The number of fused-ring (bicyclic) bond motifs is 1. The zero-order valence-electron chi connectivity index (χ0n) is 27.3. The van der Waals surface area contributed by atoms with Gasteiger partial charge in [-0.15, -0.1) is 0 Å². The Kier molecular flexibility index (Phi) is 10.7. The van der Waals surface area contributed by atoms with Crippen LogP contribution in [0.4, 0.5) is 22.0 Å². The van der Waals surface area contributed by atoms with Crippen LogP contribution in [-0.4, -0.2) is 49.3 Å². The third-order valence-electron chi connectivity index (χ3n) is 9.02. The number of ether oxygens (including phenoxy) is 4. The molecule has 6 rings (SSSR count). The molecule has 8 nitrogen and oxygen atoms in total. The van der Waals surface area contributed by atoms with Crippen molar-refractivity contribution in [1.29, 1.82) is 0 Å². The summed E-state index contributed by atoms with van der Waals surface area (Å²) in [6.07, 6.45) is 0.0871. The highest BCUT2D eigenvalue weighted by Crippen LogP contribution is 2.39. The second-order valence-corrected chi connectivity index (χ2v) is 12.2. The number of aliphatic hydroxyl groups is 1. The normalized spacial score (nSPS) is 19.2. The first kappa shape index (κ1) is 35.3. The number of methoxy groups -OCH3 is 2. The van der Waals surface area contributed by atoms with Gasteiger partial charge in [0.05, 0.1) is 33.0 Å². The quantitative estimate of drug-likeness (QED) is 0.112. The van der Waals surface area contributed by atoms with E-state index in [-0.39, 0.29) is 25.4 Å². The molecule has 1 fully saturated rings. The summed E-state index contributed by atoms with van der Waals surface area (Å²) in [5, 5.41) is 11.7. The molecular formula is C37H35F5N2O6. The first-order chi connectivity index (χ1) is 24.1. The van der Waals surface area contributed by atoms with Crippen LogP contribution in [0.25, 0.3) is 0 Å². The molecule has 0 spiro atoms. The first-order valence-corrected chi connectivity index (χ1v) is 15.9. The van der Waals surface area contributed by atoms with Gasteiger partial charge in [-0.2, -0.15) is 0 Å². The Balaban J connectivity index is 1.17. The molecule has 50 heavy (non-hydrogen) atoms. The monoisotopic (exact) mass is 698 g/mol. The van der Waals surface area contributed by atoms with Crippen LogP contribution < -0.4 is 14.8 Å². The largest absolute Gasteiger partial charge is 0.493 e. The van der Waals surface area contributed by atoms with E-state index in [4.69, 9.17) is 18.9 Å². The Bertz CT molecular complexity index is 1830. The number of rotatable bonds is 10. The Morgan fingerprint density at radius 1 is 0.820 bits per heavy atom. The maximum atomic E-state index is 14.1. The Morgan fingerprint density at radius 3 is 2.02 bits per heavy atom. The van der Waals surface area contributed by atoms with Crippen molar-refractivity contribution in [2.75, 3.05) is 27.3 Å². The van der Waals surface area contributed by atoms with Gasteiger partial charge in [0.25, 0.3) is 5.91 Å². The van der Waals surface area contributed by atoms with Gasteiger partial charge < -0.3 is 29.4 Å². The van der Waals surface area contributed by atoms with Crippen LogP contribution in [0.15, 0.2) is 60.7 Å². The SMILES string of the molecule is COc1cc2c(cc1OC)CN(C[C@@H]1C[C@H](c3ccc(CO)cc3)O[C@H](c3ccc(CNC(=O)c4c(F)c(F)c(F)c(F)c4F)cc3)O1)CC2. The third kappa shape index (κ3) is 7.31. The van der Waals surface area contributed by atoms with Crippen molar-refractivity contribution in [3.63, 3.8) is 0 Å². The highest BCUT2D eigenvalue weighted by Gasteiger charge is 2.34. The van der Waals surface area contributed by atoms with Gasteiger partial charge in [0.2, 0.25) is 5.82 Å².